The van der Waals surface area contributed by atoms with E-state index in [1.54, 1.807) is 6.07 Å². The molecule has 0 spiro atoms. The van der Waals surface area contributed by atoms with Gasteiger partial charge in [0, 0.05) is 24.3 Å². The molecule has 1 N–H and O–H groups in total. The molecule has 1 aliphatic rings. The van der Waals surface area contributed by atoms with Crippen LogP contribution in [0.2, 0.25) is 10.0 Å². The van der Waals surface area contributed by atoms with Gasteiger partial charge in [0.15, 0.2) is 0 Å². The van der Waals surface area contributed by atoms with E-state index in [1.165, 1.54) is 18.2 Å². The number of benzene rings is 2. The van der Waals surface area contributed by atoms with E-state index in [4.69, 9.17) is 27.9 Å². The lowest BCUT2D eigenvalue weighted by atomic mass is 10.2. The van der Waals surface area contributed by atoms with Crippen LogP contribution < -0.4 is 5.32 Å². The summed E-state index contributed by atoms with van der Waals surface area (Å²) in [6.07, 6.45) is 0. The summed E-state index contributed by atoms with van der Waals surface area (Å²) in [4.78, 5) is 11.9. The van der Waals surface area contributed by atoms with Crippen LogP contribution in [0.4, 0.5) is 10.1 Å². The second-order valence-electron chi connectivity index (χ2n) is 5.74. The first-order chi connectivity index (χ1) is 12.8. The first kappa shape index (κ1) is 20.0. The fourth-order valence-electron chi connectivity index (χ4n) is 2.55. The first-order valence-corrected chi connectivity index (χ1v) is 10.1. The molecule has 0 aliphatic carbocycles. The highest BCUT2D eigenvalue weighted by Crippen LogP contribution is 2.26. The number of hydrogen-bond acceptors (Lipinski definition) is 4. The van der Waals surface area contributed by atoms with Gasteiger partial charge < -0.3 is 10.1 Å². The van der Waals surface area contributed by atoms with Gasteiger partial charge in [-0.2, -0.15) is 4.31 Å². The Morgan fingerprint density at radius 2 is 1.78 bits per heavy atom. The van der Waals surface area contributed by atoms with Crippen molar-refractivity contribution in [3.8, 4) is 0 Å². The van der Waals surface area contributed by atoms with Gasteiger partial charge in [-0.3, -0.25) is 4.79 Å². The first-order valence-electron chi connectivity index (χ1n) is 7.93. The number of rotatable bonds is 4. The van der Waals surface area contributed by atoms with Gasteiger partial charge >= 0.3 is 0 Å². The maximum Gasteiger partial charge on any atom is 0.255 e. The molecule has 0 radical (unpaired) electrons. The lowest BCUT2D eigenvalue weighted by Gasteiger charge is -2.26. The zero-order chi connectivity index (χ0) is 19.6. The van der Waals surface area contributed by atoms with Crippen molar-refractivity contribution in [1.82, 2.24) is 4.31 Å². The fourth-order valence-corrected chi connectivity index (χ4v) is 4.34. The molecule has 2 aromatic rings. The molecule has 144 valence electrons. The SMILES string of the molecule is O=C(Nc1ccc(Cl)c(Cl)c1)c1ccc(F)c(S(=O)(=O)N2CCOCC2)c1. The van der Waals surface area contributed by atoms with Crippen LogP contribution in [0.25, 0.3) is 0 Å². The molecule has 27 heavy (non-hydrogen) atoms. The molecule has 0 atom stereocenters. The van der Waals surface area contributed by atoms with Crippen LogP contribution in [0.5, 0.6) is 0 Å². The van der Waals surface area contributed by atoms with Gasteiger partial charge in [-0.15, -0.1) is 0 Å². The molecular formula is C17H15Cl2FN2O4S. The van der Waals surface area contributed by atoms with Crippen LogP contribution in [0.1, 0.15) is 10.4 Å². The number of nitrogens with one attached hydrogen (secondary N) is 1. The molecule has 1 aliphatic heterocycles. The summed E-state index contributed by atoms with van der Waals surface area (Å²) in [6.45, 7) is 0.722. The van der Waals surface area contributed by atoms with Crippen LogP contribution in [-0.2, 0) is 14.8 Å². The molecule has 2 aromatic carbocycles. The van der Waals surface area contributed by atoms with Gasteiger partial charge in [0.1, 0.15) is 10.7 Å². The molecule has 1 amide bonds. The highest BCUT2D eigenvalue weighted by molar-refractivity contribution is 7.89. The molecule has 1 heterocycles. The topological polar surface area (TPSA) is 75.7 Å². The van der Waals surface area contributed by atoms with Gasteiger partial charge in [0.05, 0.1) is 23.3 Å². The predicted octanol–water partition coefficient (Wildman–Crippen LogP) is 3.41. The number of anilines is 1. The minimum Gasteiger partial charge on any atom is -0.379 e. The number of carbonyl (C=O) groups is 1. The van der Waals surface area contributed by atoms with Crippen molar-refractivity contribution in [2.45, 2.75) is 4.90 Å². The minimum absolute atomic E-state index is 0.00527. The summed E-state index contributed by atoms with van der Waals surface area (Å²) < 4.78 is 45.8. The Bertz CT molecular complexity index is 979. The summed E-state index contributed by atoms with van der Waals surface area (Å²) in [7, 11) is -4.07. The molecule has 0 saturated carbocycles. The molecule has 1 saturated heterocycles. The number of nitrogens with zero attached hydrogens (tertiary/aromatic N) is 1. The maximum atomic E-state index is 14.2. The highest BCUT2D eigenvalue weighted by Gasteiger charge is 2.29. The average molecular weight is 433 g/mol. The van der Waals surface area contributed by atoms with Gasteiger partial charge in [0.2, 0.25) is 10.0 Å². The predicted molar refractivity (Wildman–Crippen MR) is 100 cm³/mol. The summed E-state index contributed by atoms with van der Waals surface area (Å²) in [5, 5.41) is 3.15. The second kappa shape index (κ2) is 8.12. The van der Waals surface area contributed by atoms with E-state index in [2.05, 4.69) is 5.32 Å². The Labute approximate surface area is 165 Å². The van der Waals surface area contributed by atoms with Crippen molar-refractivity contribution in [2.75, 3.05) is 31.6 Å². The van der Waals surface area contributed by atoms with Crippen molar-refractivity contribution in [3.63, 3.8) is 0 Å². The number of hydrogen-bond donors (Lipinski definition) is 1. The normalized spacial score (nSPS) is 15.5. The van der Waals surface area contributed by atoms with Crippen LogP contribution in [0.3, 0.4) is 0 Å². The van der Waals surface area contributed by atoms with Crippen molar-refractivity contribution in [2.24, 2.45) is 0 Å². The second-order valence-corrected chi connectivity index (χ2v) is 8.47. The largest absolute Gasteiger partial charge is 0.379 e. The molecule has 1 fully saturated rings. The molecule has 6 nitrogen and oxygen atoms in total. The van der Waals surface area contributed by atoms with Crippen molar-refractivity contribution in [3.05, 3.63) is 57.8 Å². The Hall–Kier alpha value is -1.71. The number of amides is 1. The Morgan fingerprint density at radius 3 is 2.44 bits per heavy atom. The monoisotopic (exact) mass is 432 g/mol. The fraction of sp³-hybridized carbons (Fsp3) is 0.235. The van der Waals surface area contributed by atoms with Crippen molar-refractivity contribution >= 4 is 44.8 Å². The van der Waals surface area contributed by atoms with E-state index in [-0.39, 0.29) is 36.9 Å². The van der Waals surface area contributed by atoms with E-state index in [0.717, 1.165) is 16.4 Å². The zero-order valence-corrected chi connectivity index (χ0v) is 16.2. The third kappa shape index (κ3) is 4.41. The van der Waals surface area contributed by atoms with E-state index < -0.39 is 26.6 Å². The molecule has 0 aromatic heterocycles. The Morgan fingerprint density at radius 1 is 1.07 bits per heavy atom. The van der Waals surface area contributed by atoms with Gasteiger partial charge in [-0.05, 0) is 36.4 Å². The smallest absolute Gasteiger partial charge is 0.255 e. The van der Waals surface area contributed by atoms with Gasteiger partial charge in [-0.1, -0.05) is 23.2 Å². The number of ether oxygens (including phenoxy) is 1. The lowest BCUT2D eigenvalue weighted by Crippen LogP contribution is -2.41. The maximum absolute atomic E-state index is 14.2. The van der Waals surface area contributed by atoms with E-state index in [1.807, 2.05) is 0 Å². The zero-order valence-electron chi connectivity index (χ0n) is 13.9. The standard InChI is InChI=1S/C17H15Cl2FN2O4S/c18-13-3-2-12(10-14(13)19)21-17(23)11-1-4-15(20)16(9-11)27(24,25)22-5-7-26-8-6-22/h1-4,9-10H,5-8H2,(H,21,23). The van der Waals surface area contributed by atoms with Crippen LogP contribution in [0, 0.1) is 5.82 Å². The lowest BCUT2D eigenvalue weighted by molar-refractivity contribution is 0.0729. The summed E-state index contributed by atoms with van der Waals surface area (Å²) in [5.74, 6) is -1.53. The molecule has 3 rings (SSSR count). The van der Waals surface area contributed by atoms with Gasteiger partial charge in [-0.25, -0.2) is 12.8 Å². The quantitative estimate of drug-likeness (QED) is 0.802. The number of carbonyl (C=O) groups excluding carboxylic acids is 1. The number of sulfonamides is 1. The molecule has 10 heteroatoms. The molecular weight excluding hydrogens is 418 g/mol. The highest BCUT2D eigenvalue weighted by atomic mass is 35.5. The van der Waals surface area contributed by atoms with E-state index in [9.17, 15) is 17.6 Å². The van der Waals surface area contributed by atoms with Crippen LogP contribution in [0.15, 0.2) is 41.3 Å². The van der Waals surface area contributed by atoms with Crippen LogP contribution in [-0.4, -0.2) is 44.9 Å². The van der Waals surface area contributed by atoms with E-state index in [0.29, 0.717) is 10.7 Å². The van der Waals surface area contributed by atoms with Crippen molar-refractivity contribution in [1.29, 1.82) is 0 Å². The summed E-state index contributed by atoms with van der Waals surface area (Å²) in [5.41, 5.74) is 0.366. The number of morpholine rings is 1. The van der Waals surface area contributed by atoms with E-state index >= 15 is 0 Å². The number of halogens is 3. The molecule has 0 bridgehead atoms. The molecule has 0 unspecified atom stereocenters. The third-order valence-electron chi connectivity index (χ3n) is 3.96. The van der Waals surface area contributed by atoms with Crippen LogP contribution >= 0.6 is 23.2 Å². The van der Waals surface area contributed by atoms with Gasteiger partial charge in [0.25, 0.3) is 5.91 Å². The third-order valence-corrected chi connectivity index (χ3v) is 6.61. The van der Waals surface area contributed by atoms with Crippen molar-refractivity contribution < 1.29 is 22.3 Å². The minimum atomic E-state index is -4.07. The summed E-state index contributed by atoms with van der Waals surface area (Å²) >= 11 is 11.7. The Balaban J connectivity index is 1.88. The Kier molecular flexibility index (Phi) is 6.02. The summed E-state index contributed by atoms with van der Waals surface area (Å²) in [6, 6.07) is 7.70. The average Bonchev–Trinajstić information content (AvgIpc) is 2.65.